The van der Waals surface area contributed by atoms with Gasteiger partial charge in [0.25, 0.3) is 5.91 Å². The Hall–Kier alpha value is -2.20. The topological polar surface area (TPSA) is 49.3 Å². The van der Waals surface area contributed by atoms with Crippen molar-refractivity contribution in [3.8, 4) is 0 Å². The molecule has 4 heteroatoms. The van der Waals surface area contributed by atoms with Crippen molar-refractivity contribution in [1.29, 1.82) is 0 Å². The molecule has 2 aromatic carbocycles. The molecule has 0 heterocycles. The van der Waals surface area contributed by atoms with Crippen molar-refractivity contribution in [2.75, 3.05) is 0 Å². The minimum absolute atomic E-state index is 0.0288. The molecular weight excluding hydrogens is 257 g/mol. The summed E-state index contributed by atoms with van der Waals surface area (Å²) in [5.74, 6) is -0.570. The van der Waals surface area contributed by atoms with Crippen molar-refractivity contribution < 1.29 is 14.3 Å². The number of aryl methyl sites for hydroxylation is 1. The van der Waals surface area contributed by atoms with Crippen LogP contribution < -0.4 is 5.32 Å². The van der Waals surface area contributed by atoms with E-state index in [1.165, 1.54) is 18.2 Å². The molecule has 0 saturated carbocycles. The lowest BCUT2D eigenvalue weighted by Crippen LogP contribution is -2.23. The number of hydrogen-bond acceptors (Lipinski definition) is 2. The Kier molecular flexibility index (Phi) is 4.48. The normalized spacial score (nSPS) is 10.3. The van der Waals surface area contributed by atoms with Crippen LogP contribution in [0.15, 0.2) is 42.5 Å². The number of aliphatic hydroxyl groups excluding tert-OH is 1. The van der Waals surface area contributed by atoms with E-state index >= 15 is 0 Å². The highest BCUT2D eigenvalue weighted by Gasteiger charge is 2.07. The first-order valence-corrected chi connectivity index (χ1v) is 6.33. The van der Waals surface area contributed by atoms with Gasteiger partial charge >= 0.3 is 0 Å². The van der Waals surface area contributed by atoms with Gasteiger partial charge < -0.3 is 10.4 Å². The summed E-state index contributed by atoms with van der Waals surface area (Å²) in [5, 5.41) is 11.8. The van der Waals surface area contributed by atoms with E-state index < -0.39 is 0 Å². The van der Waals surface area contributed by atoms with E-state index in [0.29, 0.717) is 17.7 Å². The van der Waals surface area contributed by atoms with Crippen LogP contribution in [0.4, 0.5) is 4.39 Å². The second-order valence-electron chi connectivity index (χ2n) is 4.62. The molecule has 0 aliphatic heterocycles. The van der Waals surface area contributed by atoms with Crippen molar-refractivity contribution in [3.63, 3.8) is 0 Å². The maximum atomic E-state index is 13.1. The molecule has 0 spiro atoms. The van der Waals surface area contributed by atoms with Gasteiger partial charge in [-0.1, -0.05) is 24.3 Å². The Balaban J connectivity index is 2.02. The number of rotatable bonds is 4. The number of amides is 1. The van der Waals surface area contributed by atoms with Crippen molar-refractivity contribution in [1.82, 2.24) is 5.32 Å². The number of benzene rings is 2. The van der Waals surface area contributed by atoms with Crippen molar-refractivity contribution in [2.45, 2.75) is 20.1 Å². The highest BCUT2D eigenvalue weighted by Crippen LogP contribution is 2.10. The Bertz CT molecular complexity index is 626. The Morgan fingerprint density at radius 1 is 1.20 bits per heavy atom. The summed E-state index contributed by atoms with van der Waals surface area (Å²) in [5.41, 5.74) is 2.58. The van der Waals surface area contributed by atoms with Crippen molar-refractivity contribution >= 4 is 5.91 Å². The standard InChI is InChI=1S/C16H16FNO2/c1-11-7-14(5-6-15(11)17)16(20)18-9-12-3-2-4-13(8-12)10-19/h2-8,19H,9-10H2,1H3,(H,18,20). The molecule has 1 amide bonds. The lowest BCUT2D eigenvalue weighted by Gasteiger charge is -2.07. The molecular formula is C16H16FNO2. The summed E-state index contributed by atoms with van der Waals surface area (Å²) in [6, 6.07) is 11.6. The third-order valence-electron chi connectivity index (χ3n) is 3.05. The Morgan fingerprint density at radius 2 is 1.95 bits per heavy atom. The summed E-state index contributed by atoms with van der Waals surface area (Å²) in [6.07, 6.45) is 0. The molecule has 104 valence electrons. The number of carbonyl (C=O) groups excluding carboxylic acids is 1. The molecule has 0 aliphatic rings. The third kappa shape index (κ3) is 3.42. The van der Waals surface area contributed by atoms with Gasteiger partial charge in [0.2, 0.25) is 0 Å². The number of halogens is 1. The minimum Gasteiger partial charge on any atom is -0.392 e. The monoisotopic (exact) mass is 273 g/mol. The lowest BCUT2D eigenvalue weighted by atomic mass is 10.1. The van der Waals surface area contributed by atoms with Crippen LogP contribution in [0.5, 0.6) is 0 Å². The van der Waals surface area contributed by atoms with E-state index in [1.807, 2.05) is 24.3 Å². The number of carbonyl (C=O) groups is 1. The van der Waals surface area contributed by atoms with E-state index in [1.54, 1.807) is 6.92 Å². The molecule has 0 bridgehead atoms. The average Bonchev–Trinajstić information content (AvgIpc) is 2.47. The van der Waals surface area contributed by atoms with Gasteiger partial charge in [-0.15, -0.1) is 0 Å². The molecule has 20 heavy (non-hydrogen) atoms. The van der Waals surface area contributed by atoms with Crippen LogP contribution in [0.3, 0.4) is 0 Å². The van der Waals surface area contributed by atoms with Gasteiger partial charge in [-0.05, 0) is 41.8 Å². The van der Waals surface area contributed by atoms with Crippen molar-refractivity contribution in [2.24, 2.45) is 0 Å². The summed E-state index contributed by atoms with van der Waals surface area (Å²) in [4.78, 5) is 12.0. The van der Waals surface area contributed by atoms with E-state index in [0.717, 1.165) is 11.1 Å². The smallest absolute Gasteiger partial charge is 0.251 e. The molecule has 0 aromatic heterocycles. The third-order valence-corrected chi connectivity index (χ3v) is 3.05. The molecule has 2 N–H and O–H groups in total. The minimum atomic E-state index is -0.322. The second-order valence-corrected chi connectivity index (χ2v) is 4.62. The zero-order valence-electron chi connectivity index (χ0n) is 11.2. The van der Waals surface area contributed by atoms with Gasteiger partial charge in [-0.25, -0.2) is 4.39 Å². The fourth-order valence-corrected chi connectivity index (χ4v) is 1.91. The average molecular weight is 273 g/mol. The van der Waals surface area contributed by atoms with E-state index in [9.17, 15) is 9.18 Å². The maximum Gasteiger partial charge on any atom is 0.251 e. The molecule has 0 unspecified atom stereocenters. The van der Waals surface area contributed by atoms with Gasteiger partial charge in [-0.2, -0.15) is 0 Å². The van der Waals surface area contributed by atoms with Crippen LogP contribution in [-0.4, -0.2) is 11.0 Å². The summed E-state index contributed by atoms with van der Waals surface area (Å²) < 4.78 is 13.1. The zero-order valence-corrected chi connectivity index (χ0v) is 11.2. The van der Waals surface area contributed by atoms with Crippen LogP contribution in [0.2, 0.25) is 0 Å². The fraction of sp³-hybridized carbons (Fsp3) is 0.188. The van der Waals surface area contributed by atoms with Crippen LogP contribution in [0, 0.1) is 12.7 Å². The first kappa shape index (κ1) is 14.2. The van der Waals surface area contributed by atoms with E-state index in [2.05, 4.69) is 5.32 Å². The summed E-state index contributed by atoms with van der Waals surface area (Å²) in [7, 11) is 0. The van der Waals surface area contributed by atoms with E-state index in [4.69, 9.17) is 5.11 Å². The molecule has 0 saturated heterocycles. The SMILES string of the molecule is Cc1cc(C(=O)NCc2cccc(CO)c2)ccc1F. The lowest BCUT2D eigenvalue weighted by molar-refractivity contribution is 0.0951. The quantitative estimate of drug-likeness (QED) is 0.899. The Morgan fingerprint density at radius 3 is 2.65 bits per heavy atom. The predicted octanol–water partition coefficient (Wildman–Crippen LogP) is 2.56. The molecule has 0 atom stereocenters. The fourth-order valence-electron chi connectivity index (χ4n) is 1.91. The highest BCUT2D eigenvalue weighted by atomic mass is 19.1. The van der Waals surface area contributed by atoms with Crippen molar-refractivity contribution in [3.05, 3.63) is 70.5 Å². The molecule has 0 aliphatic carbocycles. The van der Waals surface area contributed by atoms with Crippen LogP contribution in [0.25, 0.3) is 0 Å². The van der Waals surface area contributed by atoms with E-state index in [-0.39, 0.29) is 18.3 Å². The molecule has 0 fully saturated rings. The molecule has 3 nitrogen and oxygen atoms in total. The maximum absolute atomic E-state index is 13.1. The largest absolute Gasteiger partial charge is 0.392 e. The molecule has 2 aromatic rings. The Labute approximate surface area is 117 Å². The molecule has 0 radical (unpaired) electrons. The molecule has 2 rings (SSSR count). The van der Waals surface area contributed by atoms with Crippen LogP contribution in [-0.2, 0) is 13.2 Å². The predicted molar refractivity (Wildman–Crippen MR) is 74.7 cm³/mol. The number of nitrogens with one attached hydrogen (secondary N) is 1. The van der Waals surface area contributed by atoms with Gasteiger partial charge in [0.05, 0.1) is 6.61 Å². The van der Waals surface area contributed by atoms with Gasteiger partial charge in [0.15, 0.2) is 0 Å². The summed E-state index contributed by atoms with van der Waals surface area (Å²) >= 11 is 0. The van der Waals surface area contributed by atoms with Crippen LogP contribution in [0.1, 0.15) is 27.0 Å². The van der Waals surface area contributed by atoms with Gasteiger partial charge in [0.1, 0.15) is 5.82 Å². The first-order valence-electron chi connectivity index (χ1n) is 6.33. The van der Waals surface area contributed by atoms with Gasteiger partial charge in [0, 0.05) is 12.1 Å². The number of hydrogen-bond donors (Lipinski definition) is 2. The van der Waals surface area contributed by atoms with Crippen LogP contribution >= 0.6 is 0 Å². The zero-order chi connectivity index (χ0) is 14.5. The summed E-state index contributed by atoms with van der Waals surface area (Å²) in [6.45, 7) is 1.96. The number of aliphatic hydroxyl groups is 1. The second kappa shape index (κ2) is 6.30. The first-order chi connectivity index (χ1) is 9.60. The van der Waals surface area contributed by atoms with Gasteiger partial charge in [-0.3, -0.25) is 4.79 Å². The highest BCUT2D eigenvalue weighted by molar-refractivity contribution is 5.94.